The summed E-state index contributed by atoms with van der Waals surface area (Å²) in [6.45, 7) is 0.936. The van der Waals surface area contributed by atoms with Crippen LogP contribution in [0.5, 0.6) is 0 Å². The number of nitrogens with one attached hydrogen (secondary N) is 1. The van der Waals surface area contributed by atoms with Gasteiger partial charge in [-0.1, -0.05) is 6.42 Å². The van der Waals surface area contributed by atoms with E-state index >= 15 is 0 Å². The zero-order valence-corrected chi connectivity index (χ0v) is 10.5. The van der Waals surface area contributed by atoms with Crippen LogP contribution in [0, 0.1) is 11.8 Å². The molecule has 0 amide bonds. The Labute approximate surface area is 109 Å². The number of aliphatic hydroxyl groups is 1. The summed E-state index contributed by atoms with van der Waals surface area (Å²) in [5.74, 6) is 0.839. The lowest BCUT2D eigenvalue weighted by Crippen LogP contribution is -2.18. The Morgan fingerprint density at radius 1 is 1.47 bits per heavy atom. The molecule has 7 nitrogen and oxygen atoms in total. The first kappa shape index (κ1) is 12.2. The van der Waals surface area contributed by atoms with E-state index in [0.717, 1.165) is 25.8 Å². The number of nitrogens with two attached hydrogens (primary N) is 1. The van der Waals surface area contributed by atoms with Gasteiger partial charge in [0.15, 0.2) is 11.2 Å². The maximum Gasteiger partial charge on any atom is 0.280 e. The van der Waals surface area contributed by atoms with Crippen LogP contribution in [0.3, 0.4) is 0 Å². The molecule has 0 saturated heterocycles. The van der Waals surface area contributed by atoms with Gasteiger partial charge in [-0.25, -0.2) is 4.98 Å². The second-order valence-corrected chi connectivity index (χ2v) is 5.15. The Bertz CT molecular complexity index is 647. The van der Waals surface area contributed by atoms with Crippen molar-refractivity contribution in [2.24, 2.45) is 11.8 Å². The van der Waals surface area contributed by atoms with Crippen molar-refractivity contribution in [3.63, 3.8) is 0 Å². The third kappa shape index (κ3) is 2.10. The van der Waals surface area contributed by atoms with E-state index in [1.54, 1.807) is 6.33 Å². The molecule has 0 aliphatic heterocycles. The minimum atomic E-state index is -0.314. The van der Waals surface area contributed by atoms with Gasteiger partial charge in [-0.05, 0) is 24.7 Å². The lowest BCUT2D eigenvalue weighted by atomic mass is 9.97. The molecule has 1 fully saturated rings. The Morgan fingerprint density at radius 3 is 3.05 bits per heavy atom. The molecule has 1 saturated carbocycles. The van der Waals surface area contributed by atoms with Gasteiger partial charge in [0.25, 0.3) is 5.56 Å². The summed E-state index contributed by atoms with van der Waals surface area (Å²) >= 11 is 0. The fraction of sp³-hybridized carbons (Fsp3) is 0.583. The minimum Gasteiger partial charge on any atom is -0.396 e. The van der Waals surface area contributed by atoms with Crippen molar-refractivity contribution < 1.29 is 5.11 Å². The van der Waals surface area contributed by atoms with Gasteiger partial charge in [-0.3, -0.25) is 9.78 Å². The van der Waals surface area contributed by atoms with Gasteiger partial charge in [0.05, 0.1) is 6.33 Å². The summed E-state index contributed by atoms with van der Waals surface area (Å²) in [5, 5.41) is 9.35. The number of fused-ring (bicyclic) bond motifs is 1. The Balaban J connectivity index is 1.95. The van der Waals surface area contributed by atoms with Crippen molar-refractivity contribution in [1.29, 1.82) is 0 Å². The molecule has 19 heavy (non-hydrogen) atoms. The van der Waals surface area contributed by atoms with Crippen molar-refractivity contribution in [3.8, 4) is 0 Å². The van der Waals surface area contributed by atoms with Gasteiger partial charge in [0.2, 0.25) is 5.95 Å². The number of nitrogen functional groups attached to an aromatic ring is 1. The molecule has 1 aliphatic carbocycles. The fourth-order valence-corrected chi connectivity index (χ4v) is 2.95. The van der Waals surface area contributed by atoms with Crippen molar-refractivity contribution in [2.75, 3.05) is 12.3 Å². The molecule has 0 bridgehead atoms. The third-order valence-corrected chi connectivity index (χ3v) is 3.98. The van der Waals surface area contributed by atoms with Crippen molar-refractivity contribution >= 4 is 17.1 Å². The average Bonchev–Trinajstić information content (AvgIpc) is 2.97. The number of aromatic amines is 1. The van der Waals surface area contributed by atoms with Crippen molar-refractivity contribution in [1.82, 2.24) is 19.5 Å². The monoisotopic (exact) mass is 263 g/mol. The molecule has 2 unspecified atom stereocenters. The highest BCUT2D eigenvalue weighted by Gasteiger charge is 2.27. The van der Waals surface area contributed by atoms with E-state index in [1.165, 1.54) is 0 Å². The van der Waals surface area contributed by atoms with E-state index in [2.05, 4.69) is 15.0 Å². The van der Waals surface area contributed by atoms with Crippen LogP contribution in [0.2, 0.25) is 0 Å². The van der Waals surface area contributed by atoms with E-state index in [4.69, 9.17) is 5.73 Å². The zero-order valence-electron chi connectivity index (χ0n) is 10.5. The topological polar surface area (TPSA) is 110 Å². The molecule has 102 valence electrons. The minimum absolute atomic E-state index is 0.101. The van der Waals surface area contributed by atoms with Crippen LogP contribution in [-0.2, 0) is 6.54 Å². The van der Waals surface area contributed by atoms with Crippen LogP contribution in [0.25, 0.3) is 11.2 Å². The van der Waals surface area contributed by atoms with E-state index in [1.807, 2.05) is 4.57 Å². The molecule has 0 radical (unpaired) electrons. The number of hydrogen-bond donors (Lipinski definition) is 3. The summed E-state index contributed by atoms with van der Waals surface area (Å²) in [4.78, 5) is 22.4. The van der Waals surface area contributed by atoms with Crippen LogP contribution in [0.15, 0.2) is 11.1 Å². The standard InChI is InChI=1S/C12H17N5O2/c13-12-15-10-9(11(19)16-12)14-6-17(10)4-7-2-1-3-8(7)5-18/h6-8,18H,1-5H2,(H3,13,15,16,19). The number of rotatable bonds is 3. The van der Waals surface area contributed by atoms with Gasteiger partial charge in [-0.15, -0.1) is 0 Å². The maximum atomic E-state index is 11.7. The average molecular weight is 263 g/mol. The highest BCUT2D eigenvalue weighted by Crippen LogP contribution is 2.32. The van der Waals surface area contributed by atoms with Crippen molar-refractivity contribution in [2.45, 2.75) is 25.8 Å². The Hall–Kier alpha value is -1.89. The quantitative estimate of drug-likeness (QED) is 0.728. The first-order valence-electron chi connectivity index (χ1n) is 6.50. The summed E-state index contributed by atoms with van der Waals surface area (Å²) in [7, 11) is 0. The molecule has 2 aromatic heterocycles. The molecule has 2 heterocycles. The van der Waals surface area contributed by atoms with Crippen molar-refractivity contribution in [3.05, 3.63) is 16.7 Å². The highest BCUT2D eigenvalue weighted by atomic mass is 16.3. The van der Waals surface area contributed by atoms with Crippen LogP contribution in [0.4, 0.5) is 5.95 Å². The van der Waals surface area contributed by atoms with Gasteiger partial charge >= 0.3 is 0 Å². The van der Waals surface area contributed by atoms with E-state index in [0.29, 0.717) is 23.0 Å². The third-order valence-electron chi connectivity index (χ3n) is 3.98. The van der Waals surface area contributed by atoms with Crippen LogP contribution >= 0.6 is 0 Å². The molecular weight excluding hydrogens is 246 g/mol. The number of H-pyrrole nitrogens is 1. The van der Waals surface area contributed by atoms with Crippen LogP contribution in [0.1, 0.15) is 19.3 Å². The molecule has 4 N–H and O–H groups in total. The van der Waals surface area contributed by atoms with Gasteiger partial charge in [-0.2, -0.15) is 4.98 Å². The maximum absolute atomic E-state index is 11.7. The number of hydrogen-bond acceptors (Lipinski definition) is 5. The van der Waals surface area contributed by atoms with E-state index in [9.17, 15) is 9.90 Å². The second-order valence-electron chi connectivity index (χ2n) is 5.15. The van der Waals surface area contributed by atoms with Crippen LogP contribution in [-0.4, -0.2) is 31.2 Å². The number of nitrogens with zero attached hydrogens (tertiary/aromatic N) is 3. The molecular formula is C12H17N5O2. The molecule has 0 aromatic carbocycles. The Kier molecular flexibility index (Phi) is 2.98. The highest BCUT2D eigenvalue weighted by molar-refractivity contribution is 5.70. The molecule has 2 atom stereocenters. The number of anilines is 1. The largest absolute Gasteiger partial charge is 0.396 e. The zero-order chi connectivity index (χ0) is 13.4. The van der Waals surface area contributed by atoms with E-state index < -0.39 is 0 Å². The molecule has 7 heteroatoms. The molecule has 0 spiro atoms. The lowest BCUT2D eigenvalue weighted by Gasteiger charge is -2.17. The SMILES string of the molecule is Nc1nc2c(ncn2CC2CCCC2CO)c(=O)[nH]1. The number of aliphatic hydroxyl groups excluding tert-OH is 1. The lowest BCUT2D eigenvalue weighted by molar-refractivity contribution is 0.185. The molecule has 2 aromatic rings. The number of aromatic nitrogens is 4. The molecule has 3 rings (SSSR count). The first-order valence-corrected chi connectivity index (χ1v) is 6.50. The van der Waals surface area contributed by atoms with E-state index in [-0.39, 0.29) is 18.1 Å². The normalized spacial score (nSPS) is 23.2. The summed E-state index contributed by atoms with van der Waals surface area (Å²) in [6.07, 6.45) is 4.91. The van der Waals surface area contributed by atoms with Crippen LogP contribution < -0.4 is 11.3 Å². The first-order chi connectivity index (χ1) is 9.19. The summed E-state index contributed by atoms with van der Waals surface area (Å²) in [5.41, 5.74) is 6.08. The van der Waals surface area contributed by atoms with Gasteiger partial charge in [0, 0.05) is 13.2 Å². The predicted octanol–water partition coefficient (Wildman–Crippen LogP) is 0.110. The van der Waals surface area contributed by atoms with Gasteiger partial charge < -0.3 is 15.4 Å². The summed E-state index contributed by atoms with van der Waals surface area (Å²) in [6, 6.07) is 0. The second kappa shape index (κ2) is 4.65. The number of imidazole rings is 1. The molecule has 1 aliphatic rings. The predicted molar refractivity (Wildman–Crippen MR) is 70.5 cm³/mol. The Morgan fingerprint density at radius 2 is 2.26 bits per heavy atom. The smallest absolute Gasteiger partial charge is 0.280 e. The van der Waals surface area contributed by atoms with Gasteiger partial charge in [0.1, 0.15) is 0 Å². The summed E-state index contributed by atoms with van der Waals surface area (Å²) < 4.78 is 1.86. The fourth-order valence-electron chi connectivity index (χ4n) is 2.95.